The first kappa shape index (κ1) is 18.1. The number of allylic oxidation sites excluding steroid dienone is 1. The number of carboxylic acid groups (broad SMARTS) is 1. The Hall–Kier alpha value is -0.990. The molecule has 0 aliphatic carbocycles. The van der Waals surface area contributed by atoms with Crippen molar-refractivity contribution in [2.24, 2.45) is 0 Å². The number of hydrogen-bond acceptors (Lipinski definition) is 2. The third-order valence-electron chi connectivity index (χ3n) is 4.05. The van der Waals surface area contributed by atoms with E-state index in [4.69, 9.17) is 9.84 Å². The summed E-state index contributed by atoms with van der Waals surface area (Å²) in [6.45, 7) is 2.25. The predicted octanol–water partition coefficient (Wildman–Crippen LogP) is 5.44. The Morgan fingerprint density at radius 1 is 1.05 bits per heavy atom. The van der Waals surface area contributed by atoms with Crippen LogP contribution in [0.25, 0.3) is 0 Å². The zero-order valence-corrected chi connectivity index (χ0v) is 13.6. The summed E-state index contributed by atoms with van der Waals surface area (Å²) in [7, 11) is 0. The molecule has 0 aromatic rings. The van der Waals surface area contributed by atoms with Crippen molar-refractivity contribution in [3.63, 3.8) is 0 Å². The lowest BCUT2D eigenvalue weighted by atomic mass is 10.1. The van der Waals surface area contributed by atoms with Crippen LogP contribution >= 0.6 is 0 Å². The fourth-order valence-corrected chi connectivity index (χ4v) is 2.64. The number of ether oxygens (including phenoxy) is 1. The molecular formula is C18H32O3. The second-order valence-electron chi connectivity index (χ2n) is 6.12. The maximum Gasteiger partial charge on any atom is 0.303 e. The number of hydrogen-bond donors (Lipinski definition) is 1. The van der Waals surface area contributed by atoms with Crippen molar-refractivity contribution >= 4 is 5.97 Å². The fraction of sp³-hybridized carbons (Fsp3) is 0.833. The Labute approximate surface area is 129 Å². The minimum atomic E-state index is -0.675. The van der Waals surface area contributed by atoms with Crippen LogP contribution < -0.4 is 0 Å². The van der Waals surface area contributed by atoms with Crippen LogP contribution in [0.15, 0.2) is 11.8 Å². The van der Waals surface area contributed by atoms with Crippen molar-refractivity contribution in [1.82, 2.24) is 0 Å². The van der Waals surface area contributed by atoms with Gasteiger partial charge in [0.25, 0.3) is 0 Å². The Balaban J connectivity index is 1.84. The second-order valence-corrected chi connectivity index (χ2v) is 6.12. The summed E-state index contributed by atoms with van der Waals surface area (Å²) in [4.78, 5) is 10.4. The molecule has 3 nitrogen and oxygen atoms in total. The second kappa shape index (κ2) is 11.6. The molecule has 1 aliphatic heterocycles. The van der Waals surface area contributed by atoms with Gasteiger partial charge in [-0.3, -0.25) is 4.79 Å². The van der Waals surface area contributed by atoms with Gasteiger partial charge in [-0.25, -0.2) is 0 Å². The van der Waals surface area contributed by atoms with E-state index in [0.29, 0.717) is 12.5 Å². The topological polar surface area (TPSA) is 49.8 Å². The highest BCUT2D eigenvalue weighted by atomic mass is 16.6. The molecule has 1 heterocycles. The Bertz CT molecular complexity index is 310. The van der Waals surface area contributed by atoms with Gasteiger partial charge in [-0.05, 0) is 38.2 Å². The van der Waals surface area contributed by atoms with Gasteiger partial charge in [-0.15, -0.1) is 0 Å². The molecule has 3 heteroatoms. The molecule has 1 N–H and O–H groups in total. The van der Waals surface area contributed by atoms with Gasteiger partial charge >= 0.3 is 5.97 Å². The fourth-order valence-electron chi connectivity index (χ4n) is 2.64. The van der Waals surface area contributed by atoms with Crippen LogP contribution in [0.2, 0.25) is 0 Å². The van der Waals surface area contributed by atoms with Crippen LogP contribution in [0, 0.1) is 0 Å². The SMILES string of the molecule is CCCCCCCC1O/C1=C/CCCCCCCC(=O)O. The molecule has 1 fully saturated rings. The van der Waals surface area contributed by atoms with E-state index < -0.39 is 5.97 Å². The van der Waals surface area contributed by atoms with Crippen molar-refractivity contribution < 1.29 is 14.6 Å². The lowest BCUT2D eigenvalue weighted by Gasteiger charge is -1.97. The minimum Gasteiger partial charge on any atom is -0.483 e. The Morgan fingerprint density at radius 3 is 2.48 bits per heavy atom. The summed E-state index contributed by atoms with van der Waals surface area (Å²) in [5.41, 5.74) is 0. The van der Waals surface area contributed by atoms with Crippen molar-refractivity contribution in [2.75, 3.05) is 0 Å². The number of carbonyl (C=O) groups is 1. The Morgan fingerprint density at radius 2 is 1.71 bits per heavy atom. The van der Waals surface area contributed by atoms with Crippen LogP contribution in [-0.4, -0.2) is 17.2 Å². The van der Waals surface area contributed by atoms with Gasteiger partial charge in [0.05, 0.1) is 0 Å². The first-order valence-electron chi connectivity index (χ1n) is 8.82. The molecule has 1 saturated heterocycles. The zero-order valence-electron chi connectivity index (χ0n) is 13.6. The summed E-state index contributed by atoms with van der Waals surface area (Å²) >= 11 is 0. The maximum atomic E-state index is 10.4. The van der Waals surface area contributed by atoms with Crippen molar-refractivity contribution in [3.05, 3.63) is 11.8 Å². The molecule has 122 valence electrons. The average Bonchev–Trinajstić information content (AvgIpc) is 3.20. The molecule has 1 unspecified atom stereocenters. The molecule has 21 heavy (non-hydrogen) atoms. The minimum absolute atomic E-state index is 0.317. The standard InChI is InChI=1S/C18H32O3/c1-2-3-4-7-10-13-16-17(21-16)14-11-8-5-6-9-12-15-18(19)20/h14,16H,2-13,15H2,1H3,(H,19,20)/b17-14+. The van der Waals surface area contributed by atoms with Crippen LogP contribution in [0.5, 0.6) is 0 Å². The molecule has 1 aliphatic rings. The molecule has 0 spiro atoms. The summed E-state index contributed by atoms with van der Waals surface area (Å²) in [6, 6.07) is 0. The normalized spacial score (nSPS) is 18.7. The van der Waals surface area contributed by atoms with Crippen LogP contribution in [-0.2, 0) is 9.53 Å². The van der Waals surface area contributed by atoms with Crippen LogP contribution in [0.3, 0.4) is 0 Å². The van der Waals surface area contributed by atoms with Crippen LogP contribution in [0.1, 0.15) is 90.4 Å². The smallest absolute Gasteiger partial charge is 0.303 e. The third-order valence-corrected chi connectivity index (χ3v) is 4.05. The van der Waals surface area contributed by atoms with Gasteiger partial charge in [0.15, 0.2) is 6.10 Å². The van der Waals surface area contributed by atoms with Gasteiger partial charge in [0.2, 0.25) is 0 Å². The predicted molar refractivity (Wildman–Crippen MR) is 86.3 cm³/mol. The first-order chi connectivity index (χ1) is 10.2. The summed E-state index contributed by atoms with van der Waals surface area (Å²) in [6.07, 6.45) is 17.4. The molecule has 1 atom stereocenters. The number of epoxide rings is 1. The number of carboxylic acids is 1. The lowest BCUT2D eigenvalue weighted by molar-refractivity contribution is -0.137. The van der Waals surface area contributed by atoms with E-state index in [1.165, 1.54) is 57.1 Å². The summed E-state index contributed by atoms with van der Waals surface area (Å²) in [5, 5.41) is 8.53. The largest absolute Gasteiger partial charge is 0.483 e. The molecule has 0 amide bonds. The first-order valence-corrected chi connectivity index (χ1v) is 8.82. The van der Waals surface area contributed by atoms with Gasteiger partial charge in [0.1, 0.15) is 5.76 Å². The van der Waals surface area contributed by atoms with E-state index in [2.05, 4.69) is 13.0 Å². The van der Waals surface area contributed by atoms with E-state index in [1.807, 2.05) is 0 Å². The molecule has 0 aromatic heterocycles. The van der Waals surface area contributed by atoms with E-state index in [9.17, 15) is 4.79 Å². The van der Waals surface area contributed by atoms with Crippen molar-refractivity contribution in [1.29, 1.82) is 0 Å². The van der Waals surface area contributed by atoms with Gasteiger partial charge in [0, 0.05) is 6.42 Å². The van der Waals surface area contributed by atoms with Crippen LogP contribution in [0.4, 0.5) is 0 Å². The zero-order chi connectivity index (χ0) is 15.3. The maximum absolute atomic E-state index is 10.4. The molecule has 1 rings (SSSR count). The average molecular weight is 296 g/mol. The van der Waals surface area contributed by atoms with E-state index in [-0.39, 0.29) is 0 Å². The van der Waals surface area contributed by atoms with Gasteiger partial charge < -0.3 is 9.84 Å². The monoisotopic (exact) mass is 296 g/mol. The Kier molecular flexibility index (Phi) is 10.0. The number of unbranched alkanes of at least 4 members (excludes halogenated alkanes) is 9. The molecular weight excluding hydrogens is 264 g/mol. The van der Waals surface area contributed by atoms with E-state index in [1.54, 1.807) is 0 Å². The highest BCUT2D eigenvalue weighted by molar-refractivity contribution is 5.66. The summed E-state index contributed by atoms with van der Waals surface area (Å²) in [5.74, 6) is 0.544. The summed E-state index contributed by atoms with van der Waals surface area (Å²) < 4.78 is 5.59. The van der Waals surface area contributed by atoms with E-state index in [0.717, 1.165) is 25.7 Å². The van der Waals surface area contributed by atoms with E-state index >= 15 is 0 Å². The number of aliphatic carboxylic acids is 1. The van der Waals surface area contributed by atoms with Gasteiger partial charge in [-0.1, -0.05) is 51.9 Å². The highest BCUT2D eigenvalue weighted by Gasteiger charge is 2.30. The number of rotatable bonds is 14. The molecule has 0 radical (unpaired) electrons. The van der Waals surface area contributed by atoms with Crippen molar-refractivity contribution in [3.8, 4) is 0 Å². The lowest BCUT2D eigenvalue weighted by Crippen LogP contribution is -1.93. The van der Waals surface area contributed by atoms with Crippen molar-refractivity contribution in [2.45, 2.75) is 96.5 Å². The quantitative estimate of drug-likeness (QED) is 0.343. The van der Waals surface area contributed by atoms with Gasteiger partial charge in [-0.2, -0.15) is 0 Å². The molecule has 0 bridgehead atoms. The highest BCUT2D eigenvalue weighted by Crippen LogP contribution is 2.32. The molecule has 0 saturated carbocycles. The third kappa shape index (κ3) is 10.4. The molecule has 0 aromatic carbocycles.